The number of anilines is 2. The fourth-order valence-corrected chi connectivity index (χ4v) is 3.01. The van der Waals surface area contributed by atoms with Gasteiger partial charge in [-0.2, -0.15) is 0 Å². The Morgan fingerprint density at radius 3 is 2.61 bits per heavy atom. The lowest BCUT2D eigenvalue weighted by atomic mass is 10.1. The summed E-state index contributed by atoms with van der Waals surface area (Å²) in [4.78, 5) is 21.4. The van der Waals surface area contributed by atoms with Crippen LogP contribution in [0.3, 0.4) is 0 Å². The third kappa shape index (κ3) is 5.30. The quantitative estimate of drug-likeness (QED) is 0.550. The summed E-state index contributed by atoms with van der Waals surface area (Å²) in [6.45, 7) is 4.44. The van der Waals surface area contributed by atoms with E-state index in [4.69, 9.17) is 11.6 Å². The van der Waals surface area contributed by atoms with Crippen molar-refractivity contribution in [3.8, 4) is 0 Å². The summed E-state index contributed by atoms with van der Waals surface area (Å²) in [7, 11) is 0. The lowest BCUT2D eigenvalue weighted by molar-refractivity contribution is 0.102. The molecule has 5 nitrogen and oxygen atoms in total. The van der Waals surface area contributed by atoms with E-state index in [1.165, 1.54) is 5.56 Å². The molecule has 0 unspecified atom stereocenters. The third-order valence-electron chi connectivity index (χ3n) is 4.37. The number of aromatic nitrogens is 2. The van der Waals surface area contributed by atoms with Crippen LogP contribution in [0.15, 0.2) is 54.6 Å². The Kier molecular flexibility index (Phi) is 6.61. The molecule has 2 aromatic carbocycles. The largest absolute Gasteiger partial charge is 0.354 e. The predicted molar refractivity (Wildman–Crippen MR) is 114 cm³/mol. The number of nitrogens with one attached hydrogen (secondary N) is 2. The minimum absolute atomic E-state index is 0.289. The average molecular weight is 395 g/mol. The van der Waals surface area contributed by atoms with Gasteiger partial charge in [0.2, 0.25) is 5.95 Å². The molecule has 0 saturated carbocycles. The third-order valence-corrected chi connectivity index (χ3v) is 4.78. The van der Waals surface area contributed by atoms with E-state index in [0.29, 0.717) is 22.4 Å². The Hall–Kier alpha value is -2.92. The second-order valence-corrected chi connectivity index (χ2v) is 7.01. The molecule has 0 bridgehead atoms. The zero-order chi connectivity index (χ0) is 19.9. The van der Waals surface area contributed by atoms with Crippen molar-refractivity contribution in [2.24, 2.45) is 0 Å². The first-order chi connectivity index (χ1) is 13.5. The molecular formula is C22H23ClN4O. The maximum Gasteiger partial charge on any atom is 0.274 e. The van der Waals surface area contributed by atoms with E-state index in [2.05, 4.69) is 32.7 Å². The van der Waals surface area contributed by atoms with Gasteiger partial charge in [0.1, 0.15) is 5.69 Å². The number of rotatable bonds is 7. The van der Waals surface area contributed by atoms with E-state index in [1.54, 1.807) is 18.2 Å². The van der Waals surface area contributed by atoms with Gasteiger partial charge < -0.3 is 10.6 Å². The lowest BCUT2D eigenvalue weighted by Gasteiger charge is -2.11. The van der Waals surface area contributed by atoms with Crippen LogP contribution < -0.4 is 10.6 Å². The summed E-state index contributed by atoms with van der Waals surface area (Å²) in [5.74, 6) is 0.171. The summed E-state index contributed by atoms with van der Waals surface area (Å²) in [5, 5.41) is 6.69. The fraction of sp³-hybridized carbons (Fsp3) is 0.227. The molecule has 144 valence electrons. The van der Waals surface area contributed by atoms with Crippen LogP contribution in [-0.2, 0) is 6.42 Å². The van der Waals surface area contributed by atoms with Crippen LogP contribution >= 0.6 is 11.6 Å². The van der Waals surface area contributed by atoms with Gasteiger partial charge in [0.05, 0.1) is 0 Å². The minimum Gasteiger partial charge on any atom is -0.354 e. The SMILES string of the molecule is Cc1cc(C(=O)Nc2cccc(Cl)c2C)nc(NCCCc2ccccc2)n1. The molecule has 3 rings (SSSR count). The van der Waals surface area contributed by atoms with Gasteiger partial charge in [-0.1, -0.05) is 48.0 Å². The van der Waals surface area contributed by atoms with Crippen LogP contribution in [0.5, 0.6) is 0 Å². The first-order valence-corrected chi connectivity index (χ1v) is 9.60. The molecule has 0 aliphatic heterocycles. The van der Waals surface area contributed by atoms with E-state index >= 15 is 0 Å². The first-order valence-electron chi connectivity index (χ1n) is 9.23. The van der Waals surface area contributed by atoms with Gasteiger partial charge in [0.15, 0.2) is 0 Å². The maximum atomic E-state index is 12.6. The Balaban J connectivity index is 1.62. The molecule has 0 aliphatic rings. The Labute approximate surface area is 170 Å². The molecule has 0 aliphatic carbocycles. The lowest BCUT2D eigenvalue weighted by Crippen LogP contribution is -2.17. The van der Waals surface area contributed by atoms with E-state index in [1.807, 2.05) is 38.1 Å². The summed E-state index contributed by atoms with van der Waals surface area (Å²) in [5.41, 5.74) is 3.84. The number of hydrogen-bond donors (Lipinski definition) is 2. The van der Waals surface area contributed by atoms with Gasteiger partial charge in [0, 0.05) is 22.9 Å². The van der Waals surface area contributed by atoms with E-state index < -0.39 is 0 Å². The Bertz CT molecular complexity index is 960. The number of hydrogen-bond acceptors (Lipinski definition) is 4. The number of nitrogens with zero attached hydrogens (tertiary/aromatic N) is 2. The fourth-order valence-electron chi connectivity index (χ4n) is 2.83. The standard InChI is InChI=1S/C22H23ClN4O/c1-15-14-20(21(28)26-19-12-6-11-18(23)16(19)2)27-22(25-15)24-13-7-10-17-8-4-3-5-9-17/h3-6,8-9,11-12,14H,7,10,13H2,1-2H3,(H,26,28)(H,24,25,27). The van der Waals surface area contributed by atoms with Crippen molar-refractivity contribution in [2.75, 3.05) is 17.2 Å². The highest BCUT2D eigenvalue weighted by Crippen LogP contribution is 2.23. The van der Waals surface area contributed by atoms with Gasteiger partial charge in [0.25, 0.3) is 5.91 Å². The summed E-state index contributed by atoms with van der Waals surface area (Å²) in [6.07, 6.45) is 1.92. The molecule has 1 heterocycles. The van der Waals surface area contributed by atoms with Gasteiger partial charge in [-0.05, 0) is 56.0 Å². The van der Waals surface area contributed by atoms with Crippen molar-refractivity contribution in [2.45, 2.75) is 26.7 Å². The number of amides is 1. The summed E-state index contributed by atoms with van der Waals surface area (Å²) >= 11 is 6.12. The van der Waals surface area contributed by atoms with Gasteiger partial charge in [-0.3, -0.25) is 4.79 Å². The first kappa shape index (κ1) is 19.8. The highest BCUT2D eigenvalue weighted by molar-refractivity contribution is 6.31. The van der Waals surface area contributed by atoms with Crippen LogP contribution in [0, 0.1) is 13.8 Å². The highest BCUT2D eigenvalue weighted by atomic mass is 35.5. The number of carbonyl (C=O) groups is 1. The highest BCUT2D eigenvalue weighted by Gasteiger charge is 2.13. The van der Waals surface area contributed by atoms with Crippen molar-refractivity contribution < 1.29 is 4.79 Å². The number of carbonyl (C=O) groups excluding carboxylic acids is 1. The molecule has 0 spiro atoms. The topological polar surface area (TPSA) is 66.9 Å². The summed E-state index contributed by atoms with van der Waals surface area (Å²) in [6, 6.07) is 17.4. The van der Waals surface area contributed by atoms with Gasteiger partial charge in [-0.15, -0.1) is 0 Å². The molecule has 3 aromatic rings. The molecule has 0 radical (unpaired) electrons. The molecular weight excluding hydrogens is 372 g/mol. The molecule has 1 aromatic heterocycles. The molecule has 0 fully saturated rings. The number of halogens is 1. The zero-order valence-corrected chi connectivity index (χ0v) is 16.8. The van der Waals surface area contributed by atoms with E-state index in [-0.39, 0.29) is 5.91 Å². The molecule has 1 amide bonds. The zero-order valence-electron chi connectivity index (χ0n) is 16.0. The van der Waals surface area contributed by atoms with Crippen LogP contribution in [-0.4, -0.2) is 22.4 Å². The molecule has 2 N–H and O–H groups in total. The Morgan fingerprint density at radius 2 is 1.82 bits per heavy atom. The second-order valence-electron chi connectivity index (χ2n) is 6.60. The van der Waals surface area contributed by atoms with Crippen molar-refractivity contribution in [3.63, 3.8) is 0 Å². The van der Waals surface area contributed by atoms with Crippen molar-refractivity contribution in [3.05, 3.63) is 82.1 Å². The van der Waals surface area contributed by atoms with Crippen molar-refractivity contribution in [1.29, 1.82) is 0 Å². The predicted octanol–water partition coefficient (Wildman–Crippen LogP) is 5.04. The molecule has 0 atom stereocenters. The molecule has 0 saturated heterocycles. The van der Waals surface area contributed by atoms with Crippen LogP contribution in [0.1, 0.15) is 33.7 Å². The molecule has 28 heavy (non-hydrogen) atoms. The maximum absolute atomic E-state index is 12.6. The van der Waals surface area contributed by atoms with E-state index in [0.717, 1.165) is 30.6 Å². The van der Waals surface area contributed by atoms with Crippen molar-refractivity contribution in [1.82, 2.24) is 9.97 Å². The smallest absolute Gasteiger partial charge is 0.274 e. The number of aryl methyl sites for hydroxylation is 2. The number of benzene rings is 2. The average Bonchev–Trinajstić information content (AvgIpc) is 2.69. The normalized spacial score (nSPS) is 10.5. The Morgan fingerprint density at radius 1 is 1.04 bits per heavy atom. The van der Waals surface area contributed by atoms with Crippen LogP contribution in [0.4, 0.5) is 11.6 Å². The van der Waals surface area contributed by atoms with Crippen LogP contribution in [0.25, 0.3) is 0 Å². The van der Waals surface area contributed by atoms with Gasteiger partial charge in [-0.25, -0.2) is 9.97 Å². The minimum atomic E-state index is -0.289. The monoisotopic (exact) mass is 394 g/mol. The van der Waals surface area contributed by atoms with Gasteiger partial charge >= 0.3 is 0 Å². The second kappa shape index (κ2) is 9.33. The van der Waals surface area contributed by atoms with Crippen LogP contribution in [0.2, 0.25) is 5.02 Å². The summed E-state index contributed by atoms with van der Waals surface area (Å²) < 4.78 is 0. The molecule has 6 heteroatoms. The van der Waals surface area contributed by atoms with E-state index in [9.17, 15) is 4.79 Å². The van der Waals surface area contributed by atoms with Crippen molar-refractivity contribution >= 4 is 29.1 Å².